The van der Waals surface area contributed by atoms with Gasteiger partial charge in [0.05, 0.1) is 4.88 Å². The molecule has 2 N–H and O–H groups in total. The summed E-state index contributed by atoms with van der Waals surface area (Å²) >= 11 is 2.84. The lowest BCUT2D eigenvalue weighted by atomic mass is 10.1. The molecule has 176 valence electrons. The molecule has 0 spiro atoms. The van der Waals surface area contributed by atoms with E-state index in [9.17, 15) is 9.59 Å². The van der Waals surface area contributed by atoms with E-state index in [0.717, 1.165) is 10.5 Å². The maximum atomic E-state index is 13.4. The van der Waals surface area contributed by atoms with Crippen LogP contribution >= 0.6 is 23.1 Å². The van der Waals surface area contributed by atoms with Gasteiger partial charge in [0.1, 0.15) is 18.5 Å². The van der Waals surface area contributed by atoms with E-state index in [1.165, 1.54) is 23.1 Å². The number of fused-ring (bicyclic) bond motifs is 1. The van der Waals surface area contributed by atoms with Crippen LogP contribution in [0, 0.1) is 0 Å². The zero-order valence-corrected chi connectivity index (χ0v) is 20.2. The quantitative estimate of drug-likeness (QED) is 0.293. The third-order valence-corrected chi connectivity index (χ3v) is 7.40. The molecular formula is C27H22N2O4S2. The van der Waals surface area contributed by atoms with Crippen LogP contribution in [-0.4, -0.2) is 25.0 Å². The fourth-order valence-corrected chi connectivity index (χ4v) is 5.23. The summed E-state index contributed by atoms with van der Waals surface area (Å²) in [6.45, 7) is 0.999. The molecular weight excluding hydrogens is 480 g/mol. The number of ether oxygens (including phenoxy) is 2. The molecule has 8 heteroatoms. The maximum Gasteiger partial charge on any atom is 0.265 e. The van der Waals surface area contributed by atoms with Gasteiger partial charge in [-0.05, 0) is 53.4 Å². The predicted molar refractivity (Wildman–Crippen MR) is 140 cm³/mol. The minimum Gasteiger partial charge on any atom is -0.486 e. The molecule has 2 heterocycles. The van der Waals surface area contributed by atoms with E-state index in [1.807, 2.05) is 72.1 Å². The molecule has 0 aliphatic carbocycles. The Hall–Kier alpha value is -3.75. The maximum absolute atomic E-state index is 13.4. The molecule has 1 aliphatic heterocycles. The SMILES string of the molecule is O=C(Nc1ccc(SC(C(=O)Nc2ccc3c(c2)OCCO3)c2ccccc2)cc1)c1cccs1. The zero-order valence-electron chi connectivity index (χ0n) is 18.6. The van der Waals surface area contributed by atoms with Gasteiger partial charge in [0, 0.05) is 22.3 Å². The van der Waals surface area contributed by atoms with Crippen molar-refractivity contribution in [2.45, 2.75) is 10.1 Å². The molecule has 2 amide bonds. The Labute approximate surface area is 211 Å². The number of anilines is 2. The highest BCUT2D eigenvalue weighted by atomic mass is 32.2. The normalized spacial score (nSPS) is 13.0. The van der Waals surface area contributed by atoms with Crippen molar-refractivity contribution in [2.24, 2.45) is 0 Å². The van der Waals surface area contributed by atoms with Gasteiger partial charge in [-0.2, -0.15) is 0 Å². The molecule has 1 aromatic heterocycles. The first-order valence-electron chi connectivity index (χ1n) is 11.0. The van der Waals surface area contributed by atoms with Gasteiger partial charge >= 0.3 is 0 Å². The fourth-order valence-electron chi connectivity index (χ4n) is 3.58. The van der Waals surface area contributed by atoms with Gasteiger partial charge < -0.3 is 20.1 Å². The van der Waals surface area contributed by atoms with E-state index in [1.54, 1.807) is 18.2 Å². The van der Waals surface area contributed by atoms with Crippen molar-refractivity contribution in [3.8, 4) is 11.5 Å². The summed E-state index contributed by atoms with van der Waals surface area (Å²) in [6, 6.07) is 26.2. The summed E-state index contributed by atoms with van der Waals surface area (Å²) < 4.78 is 11.2. The molecule has 0 saturated heterocycles. The Morgan fingerprint density at radius 3 is 2.29 bits per heavy atom. The standard InChI is InChI=1S/C27H22N2O4S2/c30-26(24-7-4-16-34-24)28-19-8-11-21(12-9-19)35-25(18-5-2-1-3-6-18)27(31)29-20-10-13-22-23(17-20)33-15-14-32-22/h1-13,16-17,25H,14-15H2,(H,28,30)(H,29,31). The summed E-state index contributed by atoms with van der Waals surface area (Å²) in [5.41, 5.74) is 2.24. The molecule has 1 aliphatic rings. The Balaban J connectivity index is 1.31. The Morgan fingerprint density at radius 1 is 0.800 bits per heavy atom. The van der Waals surface area contributed by atoms with E-state index in [0.29, 0.717) is 41.0 Å². The number of amides is 2. The van der Waals surface area contributed by atoms with Crippen molar-refractivity contribution >= 4 is 46.3 Å². The number of hydrogen-bond acceptors (Lipinski definition) is 6. The molecule has 4 aromatic rings. The van der Waals surface area contributed by atoms with Crippen LogP contribution in [0.1, 0.15) is 20.5 Å². The molecule has 6 nitrogen and oxygen atoms in total. The summed E-state index contributed by atoms with van der Waals surface area (Å²) in [6.07, 6.45) is 0. The van der Waals surface area contributed by atoms with Crippen LogP contribution in [0.15, 0.2) is 95.2 Å². The second-order valence-electron chi connectivity index (χ2n) is 7.71. The number of hydrogen-bond donors (Lipinski definition) is 2. The summed E-state index contributed by atoms with van der Waals surface area (Å²) in [5, 5.41) is 7.30. The highest BCUT2D eigenvalue weighted by Crippen LogP contribution is 2.38. The van der Waals surface area contributed by atoms with Crippen LogP contribution in [0.2, 0.25) is 0 Å². The van der Waals surface area contributed by atoms with Crippen LogP contribution in [0.3, 0.4) is 0 Å². The number of rotatable bonds is 7. The molecule has 0 bridgehead atoms. The van der Waals surface area contributed by atoms with Crippen molar-refractivity contribution in [1.82, 2.24) is 0 Å². The van der Waals surface area contributed by atoms with Gasteiger partial charge in [-0.3, -0.25) is 9.59 Å². The van der Waals surface area contributed by atoms with Crippen molar-refractivity contribution in [3.05, 3.63) is 101 Å². The van der Waals surface area contributed by atoms with Gasteiger partial charge in [0.2, 0.25) is 5.91 Å². The lowest BCUT2D eigenvalue weighted by Gasteiger charge is -2.20. The number of carbonyl (C=O) groups is 2. The van der Waals surface area contributed by atoms with Crippen LogP contribution in [0.4, 0.5) is 11.4 Å². The second-order valence-corrected chi connectivity index (χ2v) is 9.84. The molecule has 3 aromatic carbocycles. The summed E-state index contributed by atoms with van der Waals surface area (Å²) in [4.78, 5) is 27.2. The number of benzene rings is 3. The van der Waals surface area contributed by atoms with Gasteiger partial charge in [0.25, 0.3) is 5.91 Å². The third-order valence-electron chi connectivity index (χ3n) is 5.26. The first kappa shape index (κ1) is 23.0. The monoisotopic (exact) mass is 502 g/mol. The van der Waals surface area contributed by atoms with Crippen molar-refractivity contribution in [1.29, 1.82) is 0 Å². The number of nitrogens with one attached hydrogen (secondary N) is 2. The van der Waals surface area contributed by atoms with Crippen molar-refractivity contribution in [3.63, 3.8) is 0 Å². The van der Waals surface area contributed by atoms with Crippen LogP contribution < -0.4 is 20.1 Å². The number of thiophene rings is 1. The number of carbonyl (C=O) groups excluding carboxylic acids is 2. The molecule has 0 saturated carbocycles. The second kappa shape index (κ2) is 10.7. The van der Waals surface area contributed by atoms with Crippen LogP contribution in [0.25, 0.3) is 0 Å². The molecule has 0 fully saturated rings. The van der Waals surface area contributed by atoms with Gasteiger partial charge in [-0.25, -0.2) is 0 Å². The van der Waals surface area contributed by atoms with Crippen molar-refractivity contribution < 1.29 is 19.1 Å². The summed E-state index contributed by atoms with van der Waals surface area (Å²) in [5.74, 6) is 1.02. The molecule has 1 unspecified atom stereocenters. The molecule has 1 atom stereocenters. The highest BCUT2D eigenvalue weighted by molar-refractivity contribution is 8.00. The number of thioether (sulfide) groups is 1. The Morgan fingerprint density at radius 2 is 1.54 bits per heavy atom. The van der Waals surface area contributed by atoms with E-state index in [4.69, 9.17) is 9.47 Å². The van der Waals surface area contributed by atoms with E-state index >= 15 is 0 Å². The van der Waals surface area contributed by atoms with E-state index < -0.39 is 5.25 Å². The van der Waals surface area contributed by atoms with E-state index in [2.05, 4.69) is 10.6 Å². The lowest BCUT2D eigenvalue weighted by molar-refractivity contribution is -0.115. The largest absolute Gasteiger partial charge is 0.486 e. The molecule has 0 radical (unpaired) electrons. The molecule has 5 rings (SSSR count). The highest BCUT2D eigenvalue weighted by Gasteiger charge is 2.23. The minimum atomic E-state index is -0.476. The van der Waals surface area contributed by atoms with Crippen LogP contribution in [-0.2, 0) is 4.79 Å². The van der Waals surface area contributed by atoms with Gasteiger partial charge in [0.15, 0.2) is 11.5 Å². The molecule has 35 heavy (non-hydrogen) atoms. The Bertz CT molecular complexity index is 1310. The predicted octanol–water partition coefficient (Wildman–Crippen LogP) is 6.24. The van der Waals surface area contributed by atoms with Crippen LogP contribution in [0.5, 0.6) is 11.5 Å². The average Bonchev–Trinajstić information content (AvgIpc) is 3.44. The minimum absolute atomic E-state index is 0.138. The first-order valence-corrected chi connectivity index (χ1v) is 12.8. The summed E-state index contributed by atoms with van der Waals surface area (Å²) in [7, 11) is 0. The Kier molecular flexibility index (Phi) is 7.02. The van der Waals surface area contributed by atoms with E-state index in [-0.39, 0.29) is 11.8 Å². The topological polar surface area (TPSA) is 76.7 Å². The first-order chi connectivity index (χ1) is 17.2. The van der Waals surface area contributed by atoms with Gasteiger partial charge in [-0.1, -0.05) is 36.4 Å². The average molecular weight is 503 g/mol. The smallest absolute Gasteiger partial charge is 0.265 e. The zero-order chi connectivity index (χ0) is 24.0. The third kappa shape index (κ3) is 5.67. The van der Waals surface area contributed by atoms with Crippen molar-refractivity contribution in [2.75, 3.05) is 23.8 Å². The lowest BCUT2D eigenvalue weighted by Crippen LogP contribution is -2.20. The fraction of sp³-hybridized carbons (Fsp3) is 0.111. The van der Waals surface area contributed by atoms with Gasteiger partial charge in [-0.15, -0.1) is 23.1 Å².